The lowest BCUT2D eigenvalue weighted by Crippen LogP contribution is -2.39. The van der Waals surface area contributed by atoms with Crippen molar-refractivity contribution in [2.45, 2.75) is 96.1 Å². The van der Waals surface area contributed by atoms with Crippen LogP contribution in [0.15, 0.2) is 12.2 Å². The van der Waals surface area contributed by atoms with Gasteiger partial charge in [-0.05, 0) is 19.9 Å². The maximum absolute atomic E-state index is 9.78. The second-order valence-electron chi connectivity index (χ2n) is 6.32. The fourth-order valence-corrected chi connectivity index (χ4v) is 2.67. The Hall–Kier alpha value is -0.380. The first kappa shape index (κ1) is 21.6. The van der Waals surface area contributed by atoms with Crippen LogP contribution in [-0.4, -0.2) is 36.0 Å². The van der Waals surface area contributed by atoms with Crippen LogP contribution in [0, 0.1) is 0 Å². The smallest absolute Gasteiger partial charge is 0.0896 e. The third kappa shape index (κ3) is 13.3. The molecule has 0 aromatic carbocycles. The third-order valence-electron chi connectivity index (χ3n) is 4.29. The Morgan fingerprint density at radius 2 is 1.36 bits per heavy atom. The monoisotopic (exact) mass is 313 g/mol. The number of hydrogen-bond acceptors (Lipinski definition) is 3. The van der Waals surface area contributed by atoms with E-state index < -0.39 is 6.10 Å². The van der Waals surface area contributed by atoms with E-state index in [-0.39, 0.29) is 12.6 Å². The first-order chi connectivity index (χ1) is 10.8. The average molecular weight is 314 g/mol. The van der Waals surface area contributed by atoms with E-state index in [4.69, 9.17) is 5.11 Å². The molecule has 0 unspecified atom stereocenters. The van der Waals surface area contributed by atoms with E-state index in [0.29, 0.717) is 0 Å². The number of aliphatic hydroxyl groups is 2. The molecule has 2 atom stereocenters. The number of allylic oxidation sites excluding steroid dienone is 1. The lowest BCUT2D eigenvalue weighted by molar-refractivity contribution is 0.128. The van der Waals surface area contributed by atoms with Crippen LogP contribution in [0.3, 0.4) is 0 Å². The summed E-state index contributed by atoms with van der Waals surface area (Å²) in [7, 11) is 1.75. The lowest BCUT2D eigenvalue weighted by Gasteiger charge is -2.16. The van der Waals surface area contributed by atoms with Crippen molar-refractivity contribution in [1.29, 1.82) is 0 Å². The van der Waals surface area contributed by atoms with Gasteiger partial charge in [0, 0.05) is 0 Å². The van der Waals surface area contributed by atoms with Crippen molar-refractivity contribution >= 4 is 0 Å². The number of aliphatic hydroxyl groups excluding tert-OH is 2. The van der Waals surface area contributed by atoms with Gasteiger partial charge in [-0.2, -0.15) is 0 Å². The van der Waals surface area contributed by atoms with Crippen LogP contribution in [0.4, 0.5) is 0 Å². The minimum Gasteiger partial charge on any atom is -0.395 e. The van der Waals surface area contributed by atoms with Crippen molar-refractivity contribution in [3.8, 4) is 0 Å². The molecule has 0 radical (unpaired) electrons. The first-order valence-corrected chi connectivity index (χ1v) is 9.39. The standard InChI is InChI=1S/C19H39NO2/c1-3-4-5-6-7-8-9-10-11-12-13-14-15-16-19(22)18(17-21)20-2/h15-16,18-22H,3-14,17H2,1-2H3/b16-15+/t18-,19+/m1/s1. The Kier molecular flexibility index (Phi) is 16.7. The molecule has 0 aromatic rings. The highest BCUT2D eigenvalue weighted by Gasteiger charge is 2.11. The van der Waals surface area contributed by atoms with Crippen LogP contribution in [0.1, 0.15) is 84.0 Å². The summed E-state index contributed by atoms with van der Waals surface area (Å²) in [5.74, 6) is 0. The number of nitrogens with one attached hydrogen (secondary N) is 1. The first-order valence-electron chi connectivity index (χ1n) is 9.39. The number of likely N-dealkylation sites (N-methyl/N-ethyl adjacent to an activating group) is 1. The van der Waals surface area contributed by atoms with Gasteiger partial charge in [-0.25, -0.2) is 0 Å². The molecule has 0 aliphatic carbocycles. The van der Waals surface area contributed by atoms with Crippen LogP contribution < -0.4 is 5.32 Å². The Morgan fingerprint density at radius 3 is 1.82 bits per heavy atom. The molecule has 0 saturated heterocycles. The van der Waals surface area contributed by atoms with E-state index in [9.17, 15) is 5.11 Å². The third-order valence-corrected chi connectivity index (χ3v) is 4.29. The van der Waals surface area contributed by atoms with Gasteiger partial charge in [-0.3, -0.25) is 0 Å². The largest absolute Gasteiger partial charge is 0.395 e. The van der Waals surface area contributed by atoms with Crippen molar-refractivity contribution in [2.75, 3.05) is 13.7 Å². The number of hydrogen-bond donors (Lipinski definition) is 3. The van der Waals surface area contributed by atoms with Crippen LogP contribution in [0.25, 0.3) is 0 Å². The topological polar surface area (TPSA) is 52.5 Å². The van der Waals surface area contributed by atoms with Gasteiger partial charge in [0.1, 0.15) is 0 Å². The molecule has 3 nitrogen and oxygen atoms in total. The quantitative estimate of drug-likeness (QED) is 0.296. The van der Waals surface area contributed by atoms with Gasteiger partial charge in [0.2, 0.25) is 0 Å². The maximum atomic E-state index is 9.78. The van der Waals surface area contributed by atoms with Gasteiger partial charge in [0.25, 0.3) is 0 Å². The molecule has 0 bridgehead atoms. The van der Waals surface area contributed by atoms with Crippen molar-refractivity contribution in [3.63, 3.8) is 0 Å². The normalized spacial score (nSPS) is 14.5. The Morgan fingerprint density at radius 1 is 0.864 bits per heavy atom. The zero-order valence-electron chi connectivity index (χ0n) is 14.9. The summed E-state index contributed by atoms with van der Waals surface area (Å²) in [4.78, 5) is 0. The Bertz CT molecular complexity index is 240. The number of unbranched alkanes of at least 4 members (excludes halogenated alkanes) is 11. The average Bonchev–Trinajstić information content (AvgIpc) is 2.53. The summed E-state index contributed by atoms with van der Waals surface area (Å²) in [6.45, 7) is 2.22. The van der Waals surface area contributed by atoms with E-state index >= 15 is 0 Å². The van der Waals surface area contributed by atoms with Crippen molar-refractivity contribution < 1.29 is 10.2 Å². The molecule has 0 aliphatic heterocycles. The van der Waals surface area contributed by atoms with E-state index in [2.05, 4.69) is 12.2 Å². The van der Waals surface area contributed by atoms with Crippen LogP contribution in [0.5, 0.6) is 0 Å². The summed E-state index contributed by atoms with van der Waals surface area (Å²) >= 11 is 0. The van der Waals surface area contributed by atoms with Crippen LogP contribution in [0.2, 0.25) is 0 Å². The van der Waals surface area contributed by atoms with Gasteiger partial charge in [0.15, 0.2) is 0 Å². The molecule has 3 N–H and O–H groups in total. The van der Waals surface area contributed by atoms with E-state index in [1.807, 2.05) is 6.08 Å². The summed E-state index contributed by atoms with van der Waals surface area (Å²) in [5, 5.41) is 21.7. The molecular weight excluding hydrogens is 274 g/mol. The van der Waals surface area contributed by atoms with E-state index in [0.717, 1.165) is 6.42 Å². The lowest BCUT2D eigenvalue weighted by atomic mass is 10.0. The van der Waals surface area contributed by atoms with Crippen molar-refractivity contribution in [2.24, 2.45) is 0 Å². The molecule has 22 heavy (non-hydrogen) atoms. The molecular formula is C19H39NO2. The van der Waals surface area contributed by atoms with E-state index in [1.165, 1.54) is 70.6 Å². The van der Waals surface area contributed by atoms with Gasteiger partial charge in [-0.15, -0.1) is 0 Å². The van der Waals surface area contributed by atoms with Gasteiger partial charge in [0.05, 0.1) is 18.8 Å². The SMILES string of the molecule is CCCCCCCCCCCCC/C=C/[C@H](O)[C@@H](CO)NC. The Labute approximate surface area is 138 Å². The minimum atomic E-state index is -0.595. The summed E-state index contributed by atoms with van der Waals surface area (Å²) in [6.07, 6.45) is 19.2. The highest BCUT2D eigenvalue weighted by atomic mass is 16.3. The molecule has 0 heterocycles. The van der Waals surface area contributed by atoms with Crippen LogP contribution in [-0.2, 0) is 0 Å². The highest BCUT2D eigenvalue weighted by molar-refractivity contribution is 4.94. The minimum absolute atomic E-state index is 0.0412. The zero-order valence-corrected chi connectivity index (χ0v) is 14.9. The molecule has 3 heteroatoms. The zero-order chi connectivity index (χ0) is 16.5. The molecule has 0 saturated carbocycles. The molecule has 0 amide bonds. The van der Waals surface area contributed by atoms with Gasteiger partial charge < -0.3 is 15.5 Å². The predicted octanol–water partition coefficient (Wildman–Crippen LogP) is 4.18. The fourth-order valence-electron chi connectivity index (χ4n) is 2.67. The molecule has 0 fully saturated rings. The molecule has 0 rings (SSSR count). The summed E-state index contributed by atoms with van der Waals surface area (Å²) in [6, 6.07) is -0.256. The second-order valence-corrected chi connectivity index (χ2v) is 6.32. The Balaban J connectivity index is 3.29. The summed E-state index contributed by atoms with van der Waals surface area (Å²) in [5.41, 5.74) is 0. The van der Waals surface area contributed by atoms with Crippen molar-refractivity contribution in [1.82, 2.24) is 5.32 Å². The summed E-state index contributed by atoms with van der Waals surface area (Å²) < 4.78 is 0. The maximum Gasteiger partial charge on any atom is 0.0896 e. The molecule has 0 spiro atoms. The molecule has 0 aromatic heterocycles. The number of rotatable bonds is 16. The van der Waals surface area contributed by atoms with Gasteiger partial charge in [-0.1, -0.05) is 83.3 Å². The highest BCUT2D eigenvalue weighted by Crippen LogP contribution is 2.12. The predicted molar refractivity (Wildman–Crippen MR) is 96.2 cm³/mol. The molecule has 0 aliphatic rings. The van der Waals surface area contributed by atoms with Crippen LogP contribution >= 0.6 is 0 Å². The van der Waals surface area contributed by atoms with Gasteiger partial charge >= 0.3 is 0 Å². The molecule has 132 valence electrons. The van der Waals surface area contributed by atoms with Crippen molar-refractivity contribution in [3.05, 3.63) is 12.2 Å². The second kappa shape index (κ2) is 17.0. The van der Waals surface area contributed by atoms with E-state index in [1.54, 1.807) is 13.1 Å². The fraction of sp³-hybridized carbons (Fsp3) is 0.895.